The normalized spacial score (nSPS) is 24.2. The largest absolute Gasteiger partial charge is 0.410 e. The van der Waals surface area contributed by atoms with Gasteiger partial charge < -0.3 is 4.43 Å². The third-order valence-electron chi connectivity index (χ3n) is 7.45. The van der Waals surface area contributed by atoms with Gasteiger partial charge in [0.05, 0.1) is 0 Å². The lowest BCUT2D eigenvalue weighted by Gasteiger charge is -2.64. The third kappa shape index (κ3) is 2.74. The number of thiol groups is 1. The van der Waals surface area contributed by atoms with Crippen molar-refractivity contribution in [1.29, 1.82) is 0 Å². The lowest BCUT2D eigenvalue weighted by atomic mass is 10.4. The number of rotatable bonds is 5. The van der Waals surface area contributed by atoms with Crippen molar-refractivity contribution in [2.75, 3.05) is 7.11 Å². The van der Waals surface area contributed by atoms with E-state index in [-0.39, 0.29) is 0 Å². The van der Waals surface area contributed by atoms with Crippen LogP contribution in [-0.4, -0.2) is 46.9 Å². The molecule has 0 N–H and O–H groups in total. The fraction of sp³-hybridized carbons (Fsp3) is 1.00. The minimum Gasteiger partial charge on any atom is -0.410 e. The van der Waals surface area contributed by atoms with E-state index in [9.17, 15) is 0 Å². The first kappa shape index (κ1) is 23.4. The van der Waals surface area contributed by atoms with Crippen LogP contribution in [0, 0.1) is 0 Å². The van der Waals surface area contributed by atoms with Crippen molar-refractivity contribution >= 4 is 51.8 Å². The molecule has 1 fully saturated rings. The summed E-state index contributed by atoms with van der Waals surface area (Å²) in [6, 6.07) is 0. The van der Waals surface area contributed by atoms with Crippen LogP contribution in [-0.2, 0) is 4.43 Å². The highest BCUT2D eigenvalue weighted by Gasteiger charge is 2.80. The van der Waals surface area contributed by atoms with E-state index in [0.29, 0.717) is 8.57 Å². The molecule has 0 aromatic carbocycles. The van der Waals surface area contributed by atoms with Crippen LogP contribution in [0.3, 0.4) is 0 Å². The van der Waals surface area contributed by atoms with E-state index in [0.717, 1.165) is 0 Å². The van der Waals surface area contributed by atoms with Crippen LogP contribution in [0.1, 0.15) is 12.8 Å². The minimum atomic E-state index is -2.22. The van der Waals surface area contributed by atoms with Crippen LogP contribution < -0.4 is 0 Å². The van der Waals surface area contributed by atoms with Crippen LogP contribution in [0.4, 0.5) is 0 Å². The molecule has 0 amide bonds. The Morgan fingerprint density at radius 2 is 0.833 bits per heavy atom. The van der Waals surface area contributed by atoms with Crippen molar-refractivity contribution in [3.8, 4) is 0 Å². The fourth-order valence-electron chi connectivity index (χ4n) is 7.21. The summed E-state index contributed by atoms with van der Waals surface area (Å²) in [7, 11) is -5.97. The number of hydrogen-bond acceptors (Lipinski definition) is 2. The zero-order chi connectivity index (χ0) is 19.6. The van der Waals surface area contributed by atoms with E-state index >= 15 is 0 Å². The maximum absolute atomic E-state index is 6.78. The molecule has 7 heteroatoms. The van der Waals surface area contributed by atoms with E-state index < -0.39 is 39.8 Å². The van der Waals surface area contributed by atoms with Gasteiger partial charge in [-0.15, -0.1) is 0 Å². The molecule has 0 spiro atoms. The molecule has 0 atom stereocenters. The molecule has 0 aliphatic carbocycles. The van der Waals surface area contributed by atoms with Gasteiger partial charge in [0.1, 0.15) is 0 Å². The van der Waals surface area contributed by atoms with Crippen LogP contribution in [0.25, 0.3) is 0 Å². The van der Waals surface area contributed by atoms with Gasteiger partial charge in [0.25, 0.3) is 7.47 Å². The number of hydrogen-bond donors (Lipinski definition) is 1. The monoisotopic (exact) mass is 436 g/mol. The van der Waals surface area contributed by atoms with Gasteiger partial charge in [0.15, 0.2) is 0 Å². The molecule has 1 saturated heterocycles. The van der Waals surface area contributed by atoms with Crippen molar-refractivity contribution in [3.63, 3.8) is 0 Å². The first-order valence-electron chi connectivity index (χ1n) is 9.54. The molecule has 1 aliphatic rings. The van der Waals surface area contributed by atoms with Crippen molar-refractivity contribution in [1.82, 2.24) is 0 Å². The van der Waals surface area contributed by atoms with E-state index in [1.807, 2.05) is 7.11 Å². The summed E-state index contributed by atoms with van der Waals surface area (Å²) < 4.78 is 7.68. The standard InChI is InChI=1S/C17H44OSSi5/c1-18-24(19)16(20(2,3)4,21(5,6)7)14-15-17(24,22(8,9)10)23(11,12)13/h19H,14-15H2,1-13H3. The lowest BCUT2D eigenvalue weighted by Crippen LogP contribution is -2.74. The molecular formula is C17H44OSSi5. The van der Waals surface area contributed by atoms with Gasteiger partial charge in [-0.05, 0) is 8.57 Å². The highest BCUT2D eigenvalue weighted by atomic mass is 32.3. The molecule has 0 saturated carbocycles. The second-order valence-corrected chi connectivity index (χ2v) is 41.9. The van der Waals surface area contributed by atoms with Crippen LogP contribution in [0.15, 0.2) is 0 Å². The summed E-state index contributed by atoms with van der Waals surface area (Å²) in [5.41, 5.74) is 0. The highest BCUT2D eigenvalue weighted by molar-refractivity contribution is 8.16. The maximum atomic E-state index is 6.78. The van der Waals surface area contributed by atoms with E-state index in [2.05, 4.69) is 78.6 Å². The van der Waals surface area contributed by atoms with Crippen LogP contribution in [0.5, 0.6) is 0 Å². The molecule has 0 unspecified atom stereocenters. The Bertz CT molecular complexity index is 411. The zero-order valence-electron chi connectivity index (χ0n) is 18.8. The van der Waals surface area contributed by atoms with E-state index in [1.165, 1.54) is 12.8 Å². The van der Waals surface area contributed by atoms with E-state index in [1.54, 1.807) is 0 Å². The Hall–Kier alpha value is 1.39. The zero-order valence-corrected chi connectivity index (χ0v) is 24.7. The van der Waals surface area contributed by atoms with Crippen LogP contribution >= 0.6 is 12.1 Å². The molecule has 0 aromatic rings. The second kappa shape index (κ2) is 6.20. The first-order valence-corrected chi connectivity index (χ1v) is 26.7. The molecule has 0 bridgehead atoms. The Morgan fingerprint density at radius 3 is 0.958 bits per heavy atom. The lowest BCUT2D eigenvalue weighted by molar-refractivity contribution is 0.401. The quantitative estimate of drug-likeness (QED) is 0.368. The summed E-state index contributed by atoms with van der Waals surface area (Å²) in [6.07, 6.45) is 2.80. The molecule has 0 aromatic heterocycles. The van der Waals surface area contributed by atoms with Crippen molar-refractivity contribution in [2.24, 2.45) is 0 Å². The average Bonchev–Trinajstić information content (AvgIpc) is 2.58. The molecule has 1 rings (SSSR count). The summed E-state index contributed by atoms with van der Waals surface area (Å²) in [6.45, 7) is 31.4. The smallest absolute Gasteiger partial charge is 0.252 e. The maximum Gasteiger partial charge on any atom is 0.252 e. The van der Waals surface area contributed by atoms with Crippen LogP contribution in [0.2, 0.25) is 87.1 Å². The highest BCUT2D eigenvalue weighted by Crippen LogP contribution is 2.76. The van der Waals surface area contributed by atoms with Gasteiger partial charge >= 0.3 is 0 Å². The Morgan fingerprint density at radius 1 is 0.625 bits per heavy atom. The van der Waals surface area contributed by atoms with Gasteiger partial charge in [-0.25, -0.2) is 0 Å². The van der Waals surface area contributed by atoms with Gasteiger partial charge in [-0.3, -0.25) is 0 Å². The Labute approximate surface area is 163 Å². The first-order chi connectivity index (χ1) is 10.3. The summed E-state index contributed by atoms with van der Waals surface area (Å²) in [5, 5.41) is 0. The Balaban J connectivity index is 3.99. The van der Waals surface area contributed by atoms with Crippen molar-refractivity contribution in [2.45, 2.75) is 100.0 Å². The Kier molecular flexibility index (Phi) is 6.06. The van der Waals surface area contributed by atoms with Crippen molar-refractivity contribution in [3.05, 3.63) is 0 Å². The van der Waals surface area contributed by atoms with Gasteiger partial charge in [0.2, 0.25) is 0 Å². The minimum absolute atomic E-state index is 0.450. The van der Waals surface area contributed by atoms with Gasteiger partial charge in [0, 0.05) is 39.4 Å². The summed E-state index contributed by atoms with van der Waals surface area (Å²) >= 11 is 5.77. The SMILES string of the molecule is CO[Si]1(S)C([Si](C)(C)C)([Si](C)(C)C)CCC1([Si](C)(C)C)[Si](C)(C)C. The summed E-state index contributed by atoms with van der Waals surface area (Å²) in [5.74, 6) is 0. The second-order valence-electron chi connectivity index (χ2n) is 12.2. The predicted octanol–water partition coefficient (Wildman–Crippen LogP) is 6.79. The molecule has 0 radical (unpaired) electrons. The summed E-state index contributed by atoms with van der Waals surface area (Å²) in [4.78, 5) is 0. The van der Waals surface area contributed by atoms with E-state index in [4.69, 9.17) is 16.5 Å². The molecule has 1 heterocycles. The predicted molar refractivity (Wildman–Crippen MR) is 130 cm³/mol. The van der Waals surface area contributed by atoms with Gasteiger partial charge in [-0.2, -0.15) is 12.1 Å². The molecule has 24 heavy (non-hydrogen) atoms. The third-order valence-corrected chi connectivity index (χ3v) is 49.7. The fourth-order valence-corrected chi connectivity index (χ4v) is 65.4. The molecule has 1 nitrogen and oxygen atoms in total. The average molecular weight is 437 g/mol. The molecular weight excluding hydrogens is 393 g/mol. The molecule has 144 valence electrons. The van der Waals surface area contributed by atoms with Crippen molar-refractivity contribution < 1.29 is 4.43 Å². The topological polar surface area (TPSA) is 9.23 Å². The van der Waals surface area contributed by atoms with Gasteiger partial charge in [-0.1, -0.05) is 91.4 Å². The molecule has 1 aliphatic heterocycles.